The minimum absolute atomic E-state index is 0.299. The fraction of sp³-hybridized carbons (Fsp3) is 0.440. The van der Waals surface area contributed by atoms with E-state index in [-0.39, 0.29) is 12.1 Å². The maximum absolute atomic E-state index is 11.1. The van der Waals surface area contributed by atoms with Gasteiger partial charge in [-0.25, -0.2) is 0 Å². The van der Waals surface area contributed by atoms with E-state index in [0.717, 1.165) is 24.3 Å². The van der Waals surface area contributed by atoms with Crippen LogP contribution in [0, 0.1) is 6.92 Å². The summed E-state index contributed by atoms with van der Waals surface area (Å²) >= 11 is 0. The first-order valence-corrected chi connectivity index (χ1v) is 10.6. The van der Waals surface area contributed by atoms with Gasteiger partial charge in [0.25, 0.3) is 0 Å². The van der Waals surface area contributed by atoms with Crippen LogP contribution in [0.15, 0.2) is 60.4 Å². The lowest BCUT2D eigenvalue weighted by atomic mass is 10.0. The van der Waals surface area contributed by atoms with Crippen molar-refractivity contribution in [3.63, 3.8) is 0 Å². The summed E-state index contributed by atoms with van der Waals surface area (Å²) in [6.07, 6.45) is 1.38. The second-order valence-corrected chi connectivity index (χ2v) is 8.56. The highest BCUT2D eigenvalue weighted by Crippen LogP contribution is 2.34. The van der Waals surface area contributed by atoms with Crippen molar-refractivity contribution in [1.29, 1.82) is 0 Å². The van der Waals surface area contributed by atoms with Crippen molar-refractivity contribution in [1.82, 2.24) is 5.32 Å². The predicted octanol–water partition coefficient (Wildman–Crippen LogP) is 3.45. The molecule has 2 aromatic rings. The lowest BCUT2D eigenvalue weighted by molar-refractivity contribution is -0.156. The van der Waals surface area contributed by atoms with E-state index in [0.29, 0.717) is 6.61 Å². The molecule has 0 spiro atoms. The topological polar surface area (TPSA) is 60.0 Å². The zero-order chi connectivity index (χ0) is 21.1. The number of nitrogens with one attached hydrogen (secondary N) is 1. The van der Waals surface area contributed by atoms with E-state index in [1.807, 2.05) is 38.1 Å². The molecule has 0 saturated carbocycles. The van der Waals surface area contributed by atoms with E-state index < -0.39 is 18.0 Å². The molecule has 30 heavy (non-hydrogen) atoms. The van der Waals surface area contributed by atoms with Crippen molar-refractivity contribution in [2.24, 2.45) is 0 Å². The number of hydrogen-bond acceptors (Lipinski definition) is 5. The van der Waals surface area contributed by atoms with Crippen LogP contribution in [0.25, 0.3) is 6.08 Å². The molecule has 2 aliphatic heterocycles. The Bertz CT molecular complexity index is 862. The summed E-state index contributed by atoms with van der Waals surface area (Å²) < 4.78 is 17.9. The Morgan fingerprint density at radius 1 is 1.10 bits per heavy atom. The molecule has 2 saturated heterocycles. The van der Waals surface area contributed by atoms with Crippen molar-refractivity contribution in [2.75, 3.05) is 13.2 Å². The second-order valence-electron chi connectivity index (χ2n) is 8.56. The molecule has 0 radical (unpaired) electrons. The van der Waals surface area contributed by atoms with Gasteiger partial charge in [-0.1, -0.05) is 60.2 Å². The fourth-order valence-electron chi connectivity index (χ4n) is 4.02. The molecule has 2 N–H and O–H groups in total. The zero-order valence-electron chi connectivity index (χ0n) is 17.9. The van der Waals surface area contributed by atoms with Crippen molar-refractivity contribution >= 4 is 6.08 Å². The first-order chi connectivity index (χ1) is 14.4. The molecule has 4 rings (SSSR count). The van der Waals surface area contributed by atoms with Gasteiger partial charge in [-0.3, -0.25) is 0 Å². The Hall–Kier alpha value is -2.18. The number of hydrogen-bond donors (Lipinski definition) is 2. The number of aliphatic hydroxyl groups excluding tert-OH is 1. The van der Waals surface area contributed by atoms with Gasteiger partial charge in [0.05, 0.1) is 12.6 Å². The number of aryl methyl sites for hydroxylation is 1. The Balaban J connectivity index is 1.50. The number of benzene rings is 2. The third-order valence-electron chi connectivity index (χ3n) is 5.66. The smallest absolute Gasteiger partial charge is 0.163 e. The quantitative estimate of drug-likeness (QED) is 0.765. The van der Waals surface area contributed by atoms with Crippen LogP contribution in [0.5, 0.6) is 0 Å². The summed E-state index contributed by atoms with van der Waals surface area (Å²) in [5.41, 5.74) is 3.51. The number of rotatable bonds is 6. The summed E-state index contributed by atoms with van der Waals surface area (Å²) in [7, 11) is 0. The van der Waals surface area contributed by atoms with Gasteiger partial charge in [-0.15, -0.1) is 0 Å². The van der Waals surface area contributed by atoms with E-state index in [9.17, 15) is 5.11 Å². The van der Waals surface area contributed by atoms with E-state index >= 15 is 0 Å². The molecule has 2 fully saturated rings. The molecular formula is C25H31NO4. The highest BCUT2D eigenvalue weighted by molar-refractivity contribution is 5.54. The van der Waals surface area contributed by atoms with Crippen LogP contribution in [0.4, 0.5) is 0 Å². The monoisotopic (exact) mass is 409 g/mol. The van der Waals surface area contributed by atoms with E-state index in [2.05, 4.69) is 48.6 Å². The van der Waals surface area contributed by atoms with Crippen molar-refractivity contribution in [2.45, 2.75) is 57.3 Å². The van der Waals surface area contributed by atoms with Gasteiger partial charge in [-0.05, 0) is 50.9 Å². The Kier molecular flexibility index (Phi) is 6.25. The summed E-state index contributed by atoms with van der Waals surface area (Å²) in [5, 5.41) is 14.6. The molecule has 2 heterocycles. The van der Waals surface area contributed by atoms with Gasteiger partial charge in [0.15, 0.2) is 11.9 Å². The third-order valence-corrected chi connectivity index (χ3v) is 5.66. The molecule has 4 atom stereocenters. The number of aliphatic hydroxyl groups is 1. The van der Waals surface area contributed by atoms with Crippen molar-refractivity contribution < 1.29 is 19.3 Å². The van der Waals surface area contributed by atoms with Gasteiger partial charge in [0, 0.05) is 0 Å². The SMILES string of the molecule is Cc1ccc(/C=C2\O[C@H]([C@H]3COC(C)(C)O3)[C@H](O)[C@H]2NCCc2ccccc2)cc1. The van der Waals surface area contributed by atoms with Crippen LogP contribution < -0.4 is 5.32 Å². The molecule has 2 aliphatic rings. The van der Waals surface area contributed by atoms with E-state index in [1.165, 1.54) is 11.1 Å². The number of ether oxygens (including phenoxy) is 3. The molecule has 0 amide bonds. The third kappa shape index (κ3) is 4.93. The molecule has 160 valence electrons. The van der Waals surface area contributed by atoms with Crippen molar-refractivity contribution in [3.05, 3.63) is 77.0 Å². The molecule has 0 aliphatic carbocycles. The zero-order valence-corrected chi connectivity index (χ0v) is 17.9. The lowest BCUT2D eigenvalue weighted by Crippen LogP contribution is -2.45. The highest BCUT2D eigenvalue weighted by Gasteiger charge is 2.49. The minimum atomic E-state index is -0.722. The molecule has 0 unspecified atom stereocenters. The van der Waals surface area contributed by atoms with Gasteiger partial charge in [0.2, 0.25) is 0 Å². The second kappa shape index (κ2) is 8.90. The summed E-state index contributed by atoms with van der Waals surface area (Å²) in [4.78, 5) is 0. The Labute approximate surface area is 178 Å². The Morgan fingerprint density at radius 2 is 1.83 bits per heavy atom. The lowest BCUT2D eigenvalue weighted by Gasteiger charge is -2.23. The summed E-state index contributed by atoms with van der Waals surface area (Å²) in [6, 6.07) is 18.3. The predicted molar refractivity (Wildman–Crippen MR) is 117 cm³/mol. The van der Waals surface area contributed by atoms with Crippen LogP contribution in [-0.2, 0) is 20.6 Å². The molecule has 0 aromatic heterocycles. The molecule has 2 aromatic carbocycles. The summed E-state index contributed by atoms with van der Waals surface area (Å²) in [6.45, 7) is 6.97. The Morgan fingerprint density at radius 3 is 2.50 bits per heavy atom. The fourth-order valence-corrected chi connectivity index (χ4v) is 4.02. The van der Waals surface area contributed by atoms with Gasteiger partial charge >= 0.3 is 0 Å². The molecular weight excluding hydrogens is 378 g/mol. The minimum Gasteiger partial charge on any atom is -0.487 e. The molecule has 5 heteroatoms. The molecule has 5 nitrogen and oxygen atoms in total. The average molecular weight is 410 g/mol. The summed E-state index contributed by atoms with van der Waals surface area (Å²) in [5.74, 6) is 0.0747. The first kappa shape index (κ1) is 21.1. The first-order valence-electron chi connectivity index (χ1n) is 10.6. The van der Waals surface area contributed by atoms with Gasteiger partial charge < -0.3 is 24.6 Å². The van der Waals surface area contributed by atoms with E-state index in [4.69, 9.17) is 14.2 Å². The van der Waals surface area contributed by atoms with Gasteiger partial charge in [0.1, 0.15) is 18.0 Å². The maximum Gasteiger partial charge on any atom is 0.163 e. The molecule has 0 bridgehead atoms. The van der Waals surface area contributed by atoms with Crippen molar-refractivity contribution in [3.8, 4) is 0 Å². The van der Waals surface area contributed by atoms with Gasteiger partial charge in [-0.2, -0.15) is 0 Å². The largest absolute Gasteiger partial charge is 0.487 e. The van der Waals surface area contributed by atoms with Crippen LogP contribution in [0.1, 0.15) is 30.5 Å². The normalized spacial score (nSPS) is 29.3. The van der Waals surface area contributed by atoms with Crippen LogP contribution in [-0.4, -0.2) is 48.4 Å². The van der Waals surface area contributed by atoms with E-state index in [1.54, 1.807) is 0 Å². The van der Waals surface area contributed by atoms with Crippen LogP contribution >= 0.6 is 0 Å². The van der Waals surface area contributed by atoms with Crippen LogP contribution in [0.3, 0.4) is 0 Å². The average Bonchev–Trinajstić information content (AvgIpc) is 3.24. The standard InChI is InChI=1S/C25H31NO4/c1-17-9-11-19(12-10-17)15-20-22(26-14-13-18-7-5-4-6-8-18)23(27)24(29-20)21-16-28-25(2,3)30-21/h4-12,15,21-24,26-27H,13-14,16H2,1-3H3/b20-15-/t21-,22+,23-,24-/m1/s1. The highest BCUT2D eigenvalue weighted by atomic mass is 16.8. The maximum atomic E-state index is 11.1. The van der Waals surface area contributed by atoms with Crippen LogP contribution in [0.2, 0.25) is 0 Å².